The van der Waals surface area contributed by atoms with Crippen LogP contribution in [0.25, 0.3) is 0 Å². The van der Waals surface area contributed by atoms with Crippen molar-refractivity contribution in [3.05, 3.63) is 53.6 Å². The maximum absolute atomic E-state index is 13.0. The van der Waals surface area contributed by atoms with Crippen LogP contribution in [0, 0.1) is 5.82 Å². The summed E-state index contributed by atoms with van der Waals surface area (Å²) >= 11 is 0. The van der Waals surface area contributed by atoms with E-state index in [9.17, 15) is 19.1 Å². The number of hydrogen-bond acceptors (Lipinski definition) is 3. The fourth-order valence-corrected chi connectivity index (χ4v) is 2.07. The van der Waals surface area contributed by atoms with Crippen LogP contribution in [-0.2, 0) is 10.3 Å². The summed E-state index contributed by atoms with van der Waals surface area (Å²) in [7, 11) is 0. The molecule has 2 rings (SSSR count). The summed E-state index contributed by atoms with van der Waals surface area (Å²) < 4.78 is 14.6. The second kappa shape index (κ2) is 6.20. The molecule has 6 nitrogen and oxygen atoms in total. The summed E-state index contributed by atoms with van der Waals surface area (Å²) in [4.78, 5) is 24.0. The average Bonchev–Trinajstić information content (AvgIpc) is 2.97. The van der Waals surface area contributed by atoms with E-state index in [4.69, 9.17) is 0 Å². The molecule has 1 aromatic heterocycles. The van der Waals surface area contributed by atoms with Gasteiger partial charge in [-0.3, -0.25) is 9.48 Å². The number of carboxylic acids is 1. The van der Waals surface area contributed by atoms with Gasteiger partial charge in [0.15, 0.2) is 5.54 Å². The molecule has 23 heavy (non-hydrogen) atoms. The third kappa shape index (κ3) is 3.39. The minimum absolute atomic E-state index is 0.0829. The Kier molecular flexibility index (Phi) is 4.49. The van der Waals surface area contributed by atoms with Gasteiger partial charge in [-0.25, -0.2) is 9.18 Å². The van der Waals surface area contributed by atoms with E-state index in [2.05, 4.69) is 10.4 Å². The number of nitrogens with one attached hydrogen (secondary N) is 1. The highest BCUT2D eigenvalue weighted by atomic mass is 19.1. The molecule has 0 radical (unpaired) electrons. The molecule has 1 unspecified atom stereocenters. The van der Waals surface area contributed by atoms with Gasteiger partial charge in [-0.1, -0.05) is 12.1 Å². The van der Waals surface area contributed by atoms with Crippen molar-refractivity contribution in [2.75, 3.05) is 0 Å². The normalized spacial score (nSPS) is 13.6. The van der Waals surface area contributed by atoms with Crippen molar-refractivity contribution in [2.45, 2.75) is 32.4 Å². The van der Waals surface area contributed by atoms with Crippen LogP contribution in [0.4, 0.5) is 4.39 Å². The summed E-state index contributed by atoms with van der Waals surface area (Å²) in [5.74, 6) is -2.34. The van der Waals surface area contributed by atoms with Crippen molar-refractivity contribution >= 4 is 11.9 Å². The Morgan fingerprint density at radius 3 is 2.35 bits per heavy atom. The van der Waals surface area contributed by atoms with Gasteiger partial charge >= 0.3 is 5.97 Å². The molecule has 1 heterocycles. The van der Waals surface area contributed by atoms with Crippen molar-refractivity contribution in [1.82, 2.24) is 15.1 Å². The number of rotatable bonds is 5. The molecule has 0 bridgehead atoms. The Balaban J connectivity index is 2.29. The predicted molar refractivity (Wildman–Crippen MR) is 81.5 cm³/mol. The van der Waals surface area contributed by atoms with Gasteiger partial charge in [0.05, 0.1) is 0 Å². The van der Waals surface area contributed by atoms with Crippen molar-refractivity contribution in [2.24, 2.45) is 0 Å². The highest BCUT2D eigenvalue weighted by molar-refractivity contribution is 5.96. The van der Waals surface area contributed by atoms with Crippen LogP contribution in [0.5, 0.6) is 0 Å². The molecule has 2 aromatic rings. The largest absolute Gasteiger partial charge is 0.479 e. The Labute approximate surface area is 132 Å². The molecule has 1 aromatic carbocycles. The number of carbonyl (C=O) groups excluding carboxylic acids is 1. The van der Waals surface area contributed by atoms with Crippen molar-refractivity contribution < 1.29 is 19.1 Å². The van der Waals surface area contributed by atoms with Gasteiger partial charge in [-0.15, -0.1) is 0 Å². The zero-order valence-electron chi connectivity index (χ0n) is 13.1. The monoisotopic (exact) mass is 319 g/mol. The number of aliphatic carboxylic acids is 1. The molecule has 0 aliphatic carbocycles. The van der Waals surface area contributed by atoms with E-state index in [1.54, 1.807) is 10.9 Å². The average molecular weight is 319 g/mol. The van der Waals surface area contributed by atoms with Gasteiger partial charge in [0, 0.05) is 12.2 Å². The second-order valence-corrected chi connectivity index (χ2v) is 5.67. The van der Waals surface area contributed by atoms with Gasteiger partial charge in [-0.2, -0.15) is 5.10 Å². The minimum atomic E-state index is -1.69. The first-order chi connectivity index (χ1) is 10.7. The summed E-state index contributed by atoms with van der Waals surface area (Å²) in [6.45, 7) is 5.17. The fraction of sp³-hybridized carbons (Fsp3) is 0.312. The molecule has 1 amide bonds. The lowest BCUT2D eigenvalue weighted by atomic mass is 9.92. The summed E-state index contributed by atoms with van der Waals surface area (Å²) in [6.07, 6.45) is 1.65. The molecule has 1 atom stereocenters. The van der Waals surface area contributed by atoms with E-state index in [1.165, 1.54) is 25.1 Å². The van der Waals surface area contributed by atoms with Gasteiger partial charge in [0.25, 0.3) is 5.91 Å². The lowest BCUT2D eigenvalue weighted by molar-refractivity contribution is -0.144. The molecule has 0 aliphatic heterocycles. The highest BCUT2D eigenvalue weighted by Crippen LogP contribution is 2.22. The van der Waals surface area contributed by atoms with Gasteiger partial charge < -0.3 is 10.4 Å². The Morgan fingerprint density at radius 1 is 1.26 bits per heavy atom. The number of benzene rings is 1. The number of carboxylic acid groups (broad SMARTS) is 1. The van der Waals surface area contributed by atoms with Crippen LogP contribution < -0.4 is 5.32 Å². The van der Waals surface area contributed by atoms with Crippen LogP contribution >= 0.6 is 0 Å². The van der Waals surface area contributed by atoms with Gasteiger partial charge in [0.2, 0.25) is 0 Å². The van der Waals surface area contributed by atoms with Crippen LogP contribution in [0.3, 0.4) is 0 Å². The first kappa shape index (κ1) is 16.7. The van der Waals surface area contributed by atoms with E-state index in [0.717, 1.165) is 12.1 Å². The quantitative estimate of drug-likeness (QED) is 0.886. The molecule has 2 N–H and O–H groups in total. The Bertz CT molecular complexity index is 724. The Morgan fingerprint density at radius 2 is 1.87 bits per heavy atom. The number of carbonyl (C=O) groups is 2. The van der Waals surface area contributed by atoms with E-state index >= 15 is 0 Å². The maximum Gasteiger partial charge on any atom is 0.333 e. The van der Waals surface area contributed by atoms with Crippen molar-refractivity contribution in [3.63, 3.8) is 0 Å². The van der Waals surface area contributed by atoms with Crippen LogP contribution in [0.1, 0.15) is 42.9 Å². The lowest BCUT2D eigenvalue weighted by Gasteiger charge is -2.26. The van der Waals surface area contributed by atoms with E-state index in [1.807, 2.05) is 13.8 Å². The molecule has 0 saturated heterocycles. The summed E-state index contributed by atoms with van der Waals surface area (Å²) in [5.41, 5.74) is -1.30. The zero-order valence-corrected chi connectivity index (χ0v) is 13.1. The van der Waals surface area contributed by atoms with Crippen LogP contribution in [0.2, 0.25) is 0 Å². The number of halogens is 1. The predicted octanol–water partition coefficient (Wildman–Crippen LogP) is 2.33. The molecule has 0 fully saturated rings. The summed E-state index contributed by atoms with van der Waals surface area (Å²) in [6, 6.07) is 6.56. The number of amides is 1. The molecule has 0 aliphatic rings. The van der Waals surface area contributed by atoms with Gasteiger partial charge in [0.1, 0.15) is 11.5 Å². The molecule has 0 saturated carbocycles. The first-order valence-electron chi connectivity index (χ1n) is 7.11. The van der Waals surface area contributed by atoms with Crippen LogP contribution in [0.15, 0.2) is 36.5 Å². The topological polar surface area (TPSA) is 84.2 Å². The lowest BCUT2D eigenvalue weighted by Crippen LogP contribution is -2.49. The first-order valence-corrected chi connectivity index (χ1v) is 7.11. The molecule has 122 valence electrons. The number of nitrogens with zero attached hydrogens (tertiary/aromatic N) is 2. The minimum Gasteiger partial charge on any atom is -0.479 e. The molecule has 7 heteroatoms. The van der Waals surface area contributed by atoms with Gasteiger partial charge in [-0.05, 0) is 44.5 Å². The fourth-order valence-electron chi connectivity index (χ4n) is 2.07. The third-order valence-corrected chi connectivity index (χ3v) is 3.58. The smallest absolute Gasteiger partial charge is 0.333 e. The maximum atomic E-state index is 13.0. The van der Waals surface area contributed by atoms with E-state index in [-0.39, 0.29) is 17.3 Å². The van der Waals surface area contributed by atoms with Crippen LogP contribution in [-0.4, -0.2) is 26.8 Å². The van der Waals surface area contributed by atoms with Crippen molar-refractivity contribution in [1.29, 1.82) is 0 Å². The number of aromatic nitrogens is 2. The molecule has 0 spiro atoms. The molecular weight excluding hydrogens is 301 g/mol. The standard InChI is InChI=1S/C16H18FN3O3/c1-10(2)20-9-8-13(19-20)14(21)18-16(3,15(22)23)11-4-6-12(17)7-5-11/h4-10H,1-3H3,(H,18,21)(H,22,23). The van der Waals surface area contributed by atoms with E-state index in [0.29, 0.717) is 0 Å². The number of hydrogen-bond donors (Lipinski definition) is 2. The highest BCUT2D eigenvalue weighted by Gasteiger charge is 2.37. The summed E-state index contributed by atoms with van der Waals surface area (Å²) in [5, 5.41) is 16.1. The van der Waals surface area contributed by atoms with Crippen molar-refractivity contribution in [3.8, 4) is 0 Å². The zero-order chi connectivity index (χ0) is 17.2. The van der Waals surface area contributed by atoms with E-state index < -0.39 is 23.2 Å². The third-order valence-electron chi connectivity index (χ3n) is 3.58. The second-order valence-electron chi connectivity index (χ2n) is 5.67. The SMILES string of the molecule is CC(C)n1ccc(C(=O)NC(C)(C(=O)O)c2ccc(F)cc2)n1. The Hall–Kier alpha value is -2.70. The molecular formula is C16H18FN3O3.